The molecular formula is C10H17NOS. The summed E-state index contributed by atoms with van der Waals surface area (Å²) in [5.41, 5.74) is 0. The molecule has 0 radical (unpaired) electrons. The Morgan fingerprint density at radius 2 is 2.31 bits per heavy atom. The van der Waals surface area contributed by atoms with Gasteiger partial charge in [0.1, 0.15) is 11.1 Å². The maximum Gasteiger partial charge on any atom is 0.121 e. The van der Waals surface area contributed by atoms with Crippen LogP contribution < -0.4 is 0 Å². The van der Waals surface area contributed by atoms with Crippen molar-refractivity contribution in [3.8, 4) is 0 Å². The molecule has 3 heteroatoms. The van der Waals surface area contributed by atoms with Crippen molar-refractivity contribution in [3.05, 3.63) is 16.6 Å². The monoisotopic (exact) mass is 199 g/mol. The largest absolute Gasteiger partial charge is 0.386 e. The zero-order chi connectivity index (χ0) is 9.52. The van der Waals surface area contributed by atoms with Crippen LogP contribution in [0.4, 0.5) is 0 Å². The molecule has 13 heavy (non-hydrogen) atoms. The molecule has 0 amide bonds. The van der Waals surface area contributed by atoms with Gasteiger partial charge in [-0.25, -0.2) is 4.98 Å². The van der Waals surface area contributed by atoms with Gasteiger partial charge >= 0.3 is 0 Å². The molecule has 1 N–H and O–H groups in total. The lowest BCUT2D eigenvalue weighted by Crippen LogP contribution is -1.96. The van der Waals surface area contributed by atoms with E-state index in [0.717, 1.165) is 17.8 Å². The number of unbranched alkanes of at least 4 members (excludes halogenated alkanes) is 3. The second-order valence-corrected chi connectivity index (χ2v) is 4.16. The Balaban J connectivity index is 2.15. The lowest BCUT2D eigenvalue weighted by molar-refractivity contribution is 0.163. The Morgan fingerprint density at radius 3 is 2.92 bits per heavy atom. The fraction of sp³-hybridized carbons (Fsp3) is 0.700. The Hall–Kier alpha value is -0.410. The van der Waals surface area contributed by atoms with E-state index in [1.54, 1.807) is 6.20 Å². The van der Waals surface area contributed by atoms with Crippen LogP contribution in [0.2, 0.25) is 0 Å². The maximum absolute atomic E-state index is 9.66. The molecule has 0 aromatic carbocycles. The van der Waals surface area contributed by atoms with Gasteiger partial charge < -0.3 is 5.11 Å². The summed E-state index contributed by atoms with van der Waals surface area (Å²) in [6, 6.07) is 0. The average molecular weight is 199 g/mol. The Bertz CT molecular complexity index is 211. The topological polar surface area (TPSA) is 33.1 Å². The van der Waals surface area contributed by atoms with E-state index in [-0.39, 0.29) is 6.10 Å². The van der Waals surface area contributed by atoms with E-state index in [9.17, 15) is 5.11 Å². The summed E-state index contributed by atoms with van der Waals surface area (Å²) >= 11 is 1.53. The molecule has 0 unspecified atom stereocenters. The van der Waals surface area contributed by atoms with Crippen molar-refractivity contribution in [2.24, 2.45) is 0 Å². The molecule has 1 heterocycles. The number of hydrogen-bond acceptors (Lipinski definition) is 3. The molecule has 0 aliphatic carbocycles. The van der Waals surface area contributed by atoms with E-state index in [0.29, 0.717) is 0 Å². The minimum atomic E-state index is -0.336. The smallest absolute Gasteiger partial charge is 0.121 e. The lowest BCUT2D eigenvalue weighted by atomic mass is 10.1. The van der Waals surface area contributed by atoms with Crippen molar-refractivity contribution < 1.29 is 5.11 Å². The lowest BCUT2D eigenvalue weighted by Gasteiger charge is -2.05. The van der Waals surface area contributed by atoms with Crippen LogP contribution in [0.3, 0.4) is 0 Å². The molecule has 0 saturated carbocycles. The van der Waals surface area contributed by atoms with Crippen molar-refractivity contribution in [1.29, 1.82) is 0 Å². The van der Waals surface area contributed by atoms with Crippen LogP contribution in [0.5, 0.6) is 0 Å². The van der Waals surface area contributed by atoms with E-state index in [2.05, 4.69) is 11.9 Å². The van der Waals surface area contributed by atoms with Gasteiger partial charge in [-0.1, -0.05) is 32.6 Å². The number of aliphatic hydroxyl groups excluding tert-OH is 1. The SMILES string of the molecule is CCCCCC[C@@H](O)c1nccs1. The minimum absolute atomic E-state index is 0.336. The first-order valence-electron chi connectivity index (χ1n) is 4.92. The summed E-state index contributed by atoms with van der Waals surface area (Å²) in [5, 5.41) is 12.4. The van der Waals surface area contributed by atoms with Gasteiger partial charge in [0.25, 0.3) is 0 Å². The summed E-state index contributed by atoms with van der Waals surface area (Å²) in [6.45, 7) is 2.19. The standard InChI is InChI=1S/C10H17NOS/c1-2-3-4-5-6-9(12)10-11-7-8-13-10/h7-9,12H,2-6H2,1H3/t9-/m1/s1. The molecule has 1 atom stereocenters. The maximum atomic E-state index is 9.66. The van der Waals surface area contributed by atoms with Crippen molar-refractivity contribution in [1.82, 2.24) is 4.98 Å². The number of hydrogen-bond donors (Lipinski definition) is 1. The second-order valence-electron chi connectivity index (χ2n) is 3.24. The molecule has 0 aliphatic rings. The Labute approximate surface area is 83.6 Å². The van der Waals surface area contributed by atoms with E-state index in [1.165, 1.54) is 30.6 Å². The van der Waals surface area contributed by atoms with E-state index in [4.69, 9.17) is 0 Å². The van der Waals surface area contributed by atoms with Gasteiger partial charge in [-0.2, -0.15) is 0 Å². The summed E-state index contributed by atoms with van der Waals surface area (Å²) in [6.07, 6.45) is 7.10. The molecule has 1 rings (SSSR count). The van der Waals surface area contributed by atoms with E-state index >= 15 is 0 Å². The zero-order valence-electron chi connectivity index (χ0n) is 8.07. The summed E-state index contributed by atoms with van der Waals surface area (Å²) < 4.78 is 0. The van der Waals surface area contributed by atoms with Gasteiger partial charge in [0.15, 0.2) is 0 Å². The predicted molar refractivity (Wildman–Crippen MR) is 55.8 cm³/mol. The van der Waals surface area contributed by atoms with Gasteiger partial charge in [0.2, 0.25) is 0 Å². The third kappa shape index (κ3) is 3.87. The molecule has 0 bridgehead atoms. The first kappa shape index (κ1) is 10.7. The Kier molecular flexibility index (Phi) is 5.01. The van der Waals surface area contributed by atoms with Gasteiger partial charge in [-0.15, -0.1) is 11.3 Å². The first-order chi connectivity index (χ1) is 6.34. The fourth-order valence-corrected chi connectivity index (χ4v) is 1.94. The highest BCUT2D eigenvalue weighted by Gasteiger charge is 2.08. The van der Waals surface area contributed by atoms with Crippen molar-refractivity contribution >= 4 is 11.3 Å². The second kappa shape index (κ2) is 6.11. The molecule has 1 aromatic rings. The van der Waals surface area contributed by atoms with Crippen LogP contribution in [0.25, 0.3) is 0 Å². The fourth-order valence-electron chi connectivity index (χ4n) is 1.29. The average Bonchev–Trinajstić information content (AvgIpc) is 2.65. The minimum Gasteiger partial charge on any atom is -0.386 e. The quantitative estimate of drug-likeness (QED) is 0.714. The highest BCUT2D eigenvalue weighted by molar-refractivity contribution is 7.09. The molecule has 1 aromatic heterocycles. The number of rotatable bonds is 6. The predicted octanol–water partition coefficient (Wildman–Crippen LogP) is 3.15. The molecule has 2 nitrogen and oxygen atoms in total. The molecule has 0 aliphatic heterocycles. The molecule has 74 valence electrons. The van der Waals surface area contributed by atoms with Gasteiger partial charge in [0, 0.05) is 11.6 Å². The van der Waals surface area contributed by atoms with Crippen molar-refractivity contribution in [3.63, 3.8) is 0 Å². The highest BCUT2D eigenvalue weighted by Crippen LogP contribution is 2.21. The zero-order valence-corrected chi connectivity index (χ0v) is 8.89. The Morgan fingerprint density at radius 1 is 1.46 bits per heavy atom. The van der Waals surface area contributed by atoms with Crippen LogP contribution in [0.15, 0.2) is 11.6 Å². The van der Waals surface area contributed by atoms with Gasteiger partial charge in [0.05, 0.1) is 0 Å². The third-order valence-electron chi connectivity index (χ3n) is 2.07. The highest BCUT2D eigenvalue weighted by atomic mass is 32.1. The van der Waals surface area contributed by atoms with Gasteiger partial charge in [-0.3, -0.25) is 0 Å². The number of aromatic nitrogens is 1. The number of thiazole rings is 1. The molecule has 0 spiro atoms. The van der Waals surface area contributed by atoms with Crippen molar-refractivity contribution in [2.45, 2.75) is 45.1 Å². The first-order valence-corrected chi connectivity index (χ1v) is 5.80. The van der Waals surface area contributed by atoms with Crippen LogP contribution in [0.1, 0.15) is 50.1 Å². The van der Waals surface area contributed by atoms with Crippen molar-refractivity contribution in [2.75, 3.05) is 0 Å². The number of nitrogens with zero attached hydrogens (tertiary/aromatic N) is 1. The molecule has 0 saturated heterocycles. The third-order valence-corrected chi connectivity index (χ3v) is 2.94. The summed E-state index contributed by atoms with van der Waals surface area (Å²) in [4.78, 5) is 4.08. The molecule has 0 fully saturated rings. The summed E-state index contributed by atoms with van der Waals surface area (Å²) in [5.74, 6) is 0. The number of aliphatic hydroxyl groups is 1. The van der Waals surface area contributed by atoms with Crippen LogP contribution in [-0.2, 0) is 0 Å². The van der Waals surface area contributed by atoms with E-state index in [1.807, 2.05) is 5.38 Å². The van der Waals surface area contributed by atoms with Gasteiger partial charge in [-0.05, 0) is 6.42 Å². The van der Waals surface area contributed by atoms with Crippen LogP contribution >= 0.6 is 11.3 Å². The van der Waals surface area contributed by atoms with Crippen LogP contribution in [-0.4, -0.2) is 10.1 Å². The van der Waals surface area contributed by atoms with Crippen LogP contribution in [0, 0.1) is 0 Å². The normalized spacial score (nSPS) is 13.1. The summed E-state index contributed by atoms with van der Waals surface area (Å²) in [7, 11) is 0. The molecular weight excluding hydrogens is 182 g/mol. The van der Waals surface area contributed by atoms with E-state index < -0.39 is 0 Å².